The molecule has 1 unspecified atom stereocenters. The summed E-state index contributed by atoms with van der Waals surface area (Å²) in [6, 6.07) is 7.79. The third-order valence-corrected chi connectivity index (χ3v) is 5.09. The molecule has 0 radical (unpaired) electrons. The zero-order valence-corrected chi connectivity index (χ0v) is 18.2. The van der Waals surface area contributed by atoms with E-state index >= 15 is 0 Å². The molecule has 1 N–H and O–H groups in total. The minimum Gasteiger partial charge on any atom is -0.497 e. The predicted octanol–water partition coefficient (Wildman–Crippen LogP) is 1.31. The molecule has 1 amide bonds. The number of likely N-dealkylation sites (N-methyl/N-ethyl adjacent to an activating group) is 1. The van der Waals surface area contributed by atoms with Crippen molar-refractivity contribution < 1.29 is 9.53 Å². The Morgan fingerprint density at radius 1 is 1.23 bits per heavy atom. The summed E-state index contributed by atoms with van der Waals surface area (Å²) in [7, 11) is 4.59. The Morgan fingerprint density at radius 3 is 2.57 bits per heavy atom. The minimum atomic E-state index is -0.445. The summed E-state index contributed by atoms with van der Waals surface area (Å²) < 4.78 is 7.65. The maximum absolute atomic E-state index is 12.4. The predicted molar refractivity (Wildman–Crippen MR) is 118 cm³/mol. The van der Waals surface area contributed by atoms with Crippen molar-refractivity contribution >= 4 is 12.0 Å². The third kappa shape index (κ3) is 5.48. The fourth-order valence-corrected chi connectivity index (χ4v) is 3.34. The first-order chi connectivity index (χ1) is 14.3. The number of carbonyl (C=O) groups is 1. The summed E-state index contributed by atoms with van der Waals surface area (Å²) in [5.74, 6) is 0.451. The molecule has 0 fully saturated rings. The highest BCUT2D eigenvalue weighted by molar-refractivity contribution is 5.91. The van der Waals surface area contributed by atoms with E-state index in [9.17, 15) is 14.4 Å². The highest BCUT2D eigenvalue weighted by atomic mass is 16.5. The van der Waals surface area contributed by atoms with Gasteiger partial charge in [0.25, 0.3) is 5.56 Å². The first-order valence-electron chi connectivity index (χ1n) is 9.92. The monoisotopic (exact) mass is 414 g/mol. The third-order valence-electron chi connectivity index (χ3n) is 5.09. The van der Waals surface area contributed by atoms with Crippen LogP contribution in [0.4, 0.5) is 0 Å². The molecule has 0 bridgehead atoms. The van der Waals surface area contributed by atoms with Crippen molar-refractivity contribution in [1.82, 2.24) is 19.4 Å². The second-order valence-corrected chi connectivity index (χ2v) is 6.93. The Kier molecular flexibility index (Phi) is 8.17. The Bertz CT molecular complexity index is 1020. The summed E-state index contributed by atoms with van der Waals surface area (Å²) in [5.41, 5.74) is 0.457. The average molecular weight is 415 g/mol. The molecule has 8 heteroatoms. The minimum absolute atomic E-state index is 0.0159. The van der Waals surface area contributed by atoms with Crippen molar-refractivity contribution in [2.24, 2.45) is 14.1 Å². The van der Waals surface area contributed by atoms with Gasteiger partial charge in [0.2, 0.25) is 5.91 Å². The number of hydrogen-bond donors (Lipinski definition) is 1. The van der Waals surface area contributed by atoms with Crippen LogP contribution in [-0.2, 0) is 18.9 Å². The molecule has 0 saturated carbocycles. The lowest BCUT2D eigenvalue weighted by Crippen LogP contribution is -2.38. The fraction of sp³-hybridized carbons (Fsp3) is 0.409. The van der Waals surface area contributed by atoms with E-state index in [-0.39, 0.29) is 17.5 Å². The Balaban J connectivity index is 2.17. The summed E-state index contributed by atoms with van der Waals surface area (Å²) in [6.45, 7) is 6.22. The van der Waals surface area contributed by atoms with Crippen molar-refractivity contribution in [2.75, 3.05) is 26.7 Å². The number of aromatic nitrogens is 2. The van der Waals surface area contributed by atoms with Crippen LogP contribution in [0.25, 0.3) is 6.08 Å². The molecule has 8 nitrogen and oxygen atoms in total. The fourth-order valence-electron chi connectivity index (χ4n) is 3.34. The molecular weight excluding hydrogens is 384 g/mol. The number of amides is 1. The second kappa shape index (κ2) is 10.6. The largest absolute Gasteiger partial charge is 0.497 e. The molecule has 1 aromatic carbocycles. The van der Waals surface area contributed by atoms with Crippen LogP contribution >= 0.6 is 0 Å². The second-order valence-electron chi connectivity index (χ2n) is 6.93. The molecule has 162 valence electrons. The van der Waals surface area contributed by atoms with Crippen molar-refractivity contribution in [2.45, 2.75) is 19.9 Å². The number of ether oxygens (including phenoxy) is 1. The number of carbonyl (C=O) groups excluding carboxylic acids is 1. The summed E-state index contributed by atoms with van der Waals surface area (Å²) in [6.07, 6.45) is 4.16. The molecule has 0 aliphatic rings. The standard InChI is InChI=1S/C22H30N4O4/c1-6-26(7-2)19(16-9-8-10-18(13-16)30-5)14-23-20(27)12-11-17-15-24(3)22(29)25(4)21(17)28/h8-13,15,19H,6-7,14H2,1-5H3,(H,23,27)/b12-11+. The number of nitrogens with one attached hydrogen (secondary N) is 1. The molecule has 1 aromatic heterocycles. The van der Waals surface area contributed by atoms with Gasteiger partial charge in [-0.25, -0.2) is 4.79 Å². The molecule has 0 aliphatic carbocycles. The van der Waals surface area contributed by atoms with Gasteiger partial charge in [-0.1, -0.05) is 26.0 Å². The Hall–Kier alpha value is -3.13. The van der Waals surface area contributed by atoms with E-state index in [1.807, 2.05) is 24.3 Å². The van der Waals surface area contributed by atoms with Crippen molar-refractivity contribution in [3.05, 3.63) is 68.5 Å². The Morgan fingerprint density at radius 2 is 1.93 bits per heavy atom. The number of methoxy groups -OCH3 is 1. The molecule has 1 atom stereocenters. The van der Waals surface area contributed by atoms with Crippen LogP contribution in [0.15, 0.2) is 46.1 Å². The zero-order valence-electron chi connectivity index (χ0n) is 18.2. The lowest BCUT2D eigenvalue weighted by Gasteiger charge is -2.30. The van der Waals surface area contributed by atoms with Crippen molar-refractivity contribution in [3.8, 4) is 5.75 Å². The van der Waals surface area contributed by atoms with E-state index in [2.05, 4.69) is 24.1 Å². The van der Waals surface area contributed by atoms with E-state index in [4.69, 9.17) is 4.74 Å². The van der Waals surface area contributed by atoms with Gasteiger partial charge in [0.1, 0.15) is 5.75 Å². The van der Waals surface area contributed by atoms with E-state index in [1.165, 1.54) is 30.0 Å². The summed E-state index contributed by atoms with van der Waals surface area (Å²) in [5, 5.41) is 2.91. The topological polar surface area (TPSA) is 85.6 Å². The van der Waals surface area contributed by atoms with Gasteiger partial charge in [-0.2, -0.15) is 0 Å². The first kappa shape index (κ1) is 23.2. The quantitative estimate of drug-likeness (QED) is 0.626. The normalized spacial score (nSPS) is 12.3. The van der Waals surface area contributed by atoms with Crippen molar-refractivity contribution in [1.29, 1.82) is 0 Å². The van der Waals surface area contributed by atoms with Crippen LogP contribution in [0.5, 0.6) is 5.75 Å². The van der Waals surface area contributed by atoms with Gasteiger partial charge in [-0.3, -0.25) is 19.1 Å². The number of aryl methyl sites for hydroxylation is 1. The molecular formula is C22H30N4O4. The maximum Gasteiger partial charge on any atom is 0.330 e. The van der Waals surface area contributed by atoms with Crippen LogP contribution in [0.2, 0.25) is 0 Å². The SMILES string of the molecule is CCN(CC)C(CNC(=O)/C=C/c1cn(C)c(=O)n(C)c1=O)c1cccc(OC)c1. The van der Waals surface area contributed by atoms with Crippen LogP contribution in [0.1, 0.15) is 31.0 Å². The number of benzene rings is 1. The smallest absolute Gasteiger partial charge is 0.330 e. The summed E-state index contributed by atoms with van der Waals surface area (Å²) >= 11 is 0. The highest BCUT2D eigenvalue weighted by Crippen LogP contribution is 2.23. The van der Waals surface area contributed by atoms with E-state index in [0.29, 0.717) is 6.54 Å². The number of hydrogen-bond acceptors (Lipinski definition) is 5. The lowest BCUT2D eigenvalue weighted by atomic mass is 10.0. The molecule has 2 aromatic rings. The van der Waals surface area contributed by atoms with E-state index < -0.39 is 11.2 Å². The van der Waals surface area contributed by atoms with Crippen LogP contribution in [-0.4, -0.2) is 46.7 Å². The van der Waals surface area contributed by atoms with Crippen LogP contribution in [0, 0.1) is 0 Å². The van der Waals surface area contributed by atoms with Crippen LogP contribution in [0.3, 0.4) is 0 Å². The van der Waals surface area contributed by atoms with E-state index in [0.717, 1.165) is 29.0 Å². The van der Waals surface area contributed by atoms with Gasteiger partial charge in [0, 0.05) is 32.9 Å². The van der Waals surface area contributed by atoms with Crippen LogP contribution < -0.4 is 21.3 Å². The molecule has 1 heterocycles. The lowest BCUT2D eigenvalue weighted by molar-refractivity contribution is -0.116. The number of nitrogens with zero attached hydrogens (tertiary/aromatic N) is 3. The van der Waals surface area contributed by atoms with Gasteiger partial charge in [-0.05, 0) is 36.9 Å². The van der Waals surface area contributed by atoms with Crippen molar-refractivity contribution in [3.63, 3.8) is 0 Å². The average Bonchev–Trinajstić information content (AvgIpc) is 2.76. The van der Waals surface area contributed by atoms with Gasteiger partial charge in [0.05, 0.1) is 18.7 Å². The molecule has 2 rings (SSSR count). The highest BCUT2D eigenvalue weighted by Gasteiger charge is 2.19. The Labute approximate surface area is 176 Å². The molecule has 0 spiro atoms. The molecule has 0 aliphatic heterocycles. The molecule has 30 heavy (non-hydrogen) atoms. The number of rotatable bonds is 9. The summed E-state index contributed by atoms with van der Waals surface area (Å²) in [4.78, 5) is 38.6. The molecule has 0 saturated heterocycles. The van der Waals surface area contributed by atoms with Gasteiger partial charge in [-0.15, -0.1) is 0 Å². The first-order valence-corrected chi connectivity index (χ1v) is 9.92. The zero-order chi connectivity index (χ0) is 22.3. The van der Waals surface area contributed by atoms with E-state index in [1.54, 1.807) is 14.2 Å². The van der Waals surface area contributed by atoms with Gasteiger partial charge >= 0.3 is 5.69 Å². The van der Waals surface area contributed by atoms with Gasteiger partial charge in [0.15, 0.2) is 0 Å². The maximum atomic E-state index is 12.4. The van der Waals surface area contributed by atoms with Gasteiger partial charge < -0.3 is 14.6 Å².